The van der Waals surface area contributed by atoms with Crippen LogP contribution in [0.2, 0.25) is 0 Å². The average molecular weight is 191 g/mol. The number of methoxy groups -OCH3 is 1. The van der Waals surface area contributed by atoms with E-state index in [0.29, 0.717) is 0 Å². The van der Waals surface area contributed by atoms with Crippen LogP contribution in [-0.4, -0.2) is 19.9 Å². The summed E-state index contributed by atoms with van der Waals surface area (Å²) in [7, 11) is 1.63. The molecule has 0 fully saturated rings. The van der Waals surface area contributed by atoms with Crippen molar-refractivity contribution in [2.24, 2.45) is 0 Å². The number of rotatable bonds is 2. The first-order valence-electron chi connectivity index (χ1n) is 4.59. The smallest absolute Gasteiger partial charge is 0.202 e. The van der Waals surface area contributed by atoms with Gasteiger partial charge in [0, 0.05) is 7.11 Å². The van der Waals surface area contributed by atoms with Gasteiger partial charge in [-0.15, -0.1) is 0 Å². The Labute approximate surface area is 83.5 Å². The molecular formula is C11H13NO2. The van der Waals surface area contributed by atoms with Gasteiger partial charge in [0.25, 0.3) is 0 Å². The number of anilines is 1. The molecule has 14 heavy (non-hydrogen) atoms. The molecule has 3 nitrogen and oxygen atoms in total. The first-order valence-corrected chi connectivity index (χ1v) is 4.59. The van der Waals surface area contributed by atoms with E-state index in [4.69, 9.17) is 9.57 Å². The summed E-state index contributed by atoms with van der Waals surface area (Å²) < 4.78 is 5.09. The van der Waals surface area contributed by atoms with E-state index in [9.17, 15) is 0 Å². The second-order valence-electron chi connectivity index (χ2n) is 3.03. The molecule has 0 aliphatic carbocycles. The van der Waals surface area contributed by atoms with E-state index < -0.39 is 0 Å². The molecule has 0 radical (unpaired) electrons. The molecule has 0 amide bonds. The molecule has 1 unspecified atom stereocenters. The number of hydrogen-bond donors (Lipinski definition) is 0. The molecule has 0 saturated carbocycles. The Hall–Kier alpha value is -1.32. The van der Waals surface area contributed by atoms with Gasteiger partial charge in [-0.1, -0.05) is 24.3 Å². The lowest BCUT2D eigenvalue weighted by atomic mass is 10.3. The minimum absolute atomic E-state index is 0.274. The number of hydroxylamine groups is 1. The van der Waals surface area contributed by atoms with E-state index in [2.05, 4.69) is 0 Å². The van der Waals surface area contributed by atoms with Crippen LogP contribution in [-0.2, 0) is 9.57 Å². The fourth-order valence-electron chi connectivity index (χ4n) is 1.35. The number of nitrogens with zero attached hydrogens (tertiary/aromatic N) is 1. The van der Waals surface area contributed by atoms with E-state index in [1.807, 2.05) is 47.5 Å². The van der Waals surface area contributed by atoms with E-state index >= 15 is 0 Å². The Morgan fingerprint density at radius 3 is 2.86 bits per heavy atom. The first-order chi connectivity index (χ1) is 6.90. The SMILES string of the molecule is COC1C=CCN(c2ccccc2)O1. The third-order valence-corrected chi connectivity index (χ3v) is 2.07. The summed E-state index contributed by atoms with van der Waals surface area (Å²) in [6, 6.07) is 9.96. The van der Waals surface area contributed by atoms with Gasteiger partial charge in [-0.25, -0.2) is 9.90 Å². The molecule has 0 N–H and O–H groups in total. The van der Waals surface area contributed by atoms with E-state index in [0.717, 1.165) is 12.2 Å². The Morgan fingerprint density at radius 1 is 1.36 bits per heavy atom. The summed E-state index contributed by atoms with van der Waals surface area (Å²) in [6.07, 6.45) is 3.66. The molecule has 1 atom stereocenters. The van der Waals surface area contributed by atoms with Crippen LogP contribution >= 0.6 is 0 Å². The fraction of sp³-hybridized carbons (Fsp3) is 0.273. The van der Waals surface area contributed by atoms with Crippen molar-refractivity contribution >= 4 is 5.69 Å². The number of benzene rings is 1. The minimum atomic E-state index is -0.274. The quantitative estimate of drug-likeness (QED) is 0.667. The Bertz CT molecular complexity index is 310. The largest absolute Gasteiger partial charge is 0.350 e. The van der Waals surface area contributed by atoms with Gasteiger partial charge in [-0.2, -0.15) is 0 Å². The van der Waals surface area contributed by atoms with Crippen LogP contribution in [0.15, 0.2) is 42.5 Å². The lowest BCUT2D eigenvalue weighted by Crippen LogP contribution is -2.33. The highest BCUT2D eigenvalue weighted by atomic mass is 16.8. The van der Waals surface area contributed by atoms with Gasteiger partial charge in [0.1, 0.15) is 0 Å². The van der Waals surface area contributed by atoms with Crippen LogP contribution in [0.3, 0.4) is 0 Å². The van der Waals surface area contributed by atoms with E-state index in [1.54, 1.807) is 7.11 Å². The standard InChI is InChI=1S/C11H13NO2/c1-13-11-8-5-9-12(14-11)10-6-3-2-4-7-10/h2-8,11H,9H2,1H3. The maximum Gasteiger partial charge on any atom is 0.202 e. The number of hydrogen-bond acceptors (Lipinski definition) is 3. The van der Waals surface area contributed by atoms with Crippen molar-refractivity contribution in [1.82, 2.24) is 0 Å². The first kappa shape index (κ1) is 9.24. The molecular weight excluding hydrogens is 178 g/mol. The minimum Gasteiger partial charge on any atom is -0.350 e. The van der Waals surface area contributed by atoms with Crippen molar-refractivity contribution in [1.29, 1.82) is 0 Å². The van der Waals surface area contributed by atoms with Crippen molar-refractivity contribution in [3.63, 3.8) is 0 Å². The van der Waals surface area contributed by atoms with Gasteiger partial charge in [0.05, 0.1) is 12.2 Å². The predicted octanol–water partition coefficient (Wildman–Crippen LogP) is 1.97. The fourth-order valence-corrected chi connectivity index (χ4v) is 1.35. The van der Waals surface area contributed by atoms with Crippen molar-refractivity contribution in [2.45, 2.75) is 6.29 Å². The van der Waals surface area contributed by atoms with Gasteiger partial charge in [0.2, 0.25) is 6.29 Å². The summed E-state index contributed by atoms with van der Waals surface area (Å²) in [5, 5.41) is 1.81. The summed E-state index contributed by atoms with van der Waals surface area (Å²) in [6.45, 7) is 0.754. The third kappa shape index (κ3) is 1.95. The summed E-state index contributed by atoms with van der Waals surface area (Å²) in [4.78, 5) is 5.55. The molecule has 0 bridgehead atoms. The maximum absolute atomic E-state index is 5.55. The monoisotopic (exact) mass is 191 g/mol. The van der Waals surface area contributed by atoms with Crippen molar-refractivity contribution in [2.75, 3.05) is 18.7 Å². The van der Waals surface area contributed by atoms with Gasteiger partial charge in [-0.3, -0.25) is 0 Å². The highest BCUT2D eigenvalue weighted by Gasteiger charge is 2.15. The Balaban J connectivity index is 2.10. The van der Waals surface area contributed by atoms with Crippen LogP contribution in [0.4, 0.5) is 5.69 Å². The third-order valence-electron chi connectivity index (χ3n) is 2.07. The van der Waals surface area contributed by atoms with Crippen LogP contribution in [0.5, 0.6) is 0 Å². The second kappa shape index (κ2) is 4.26. The highest BCUT2D eigenvalue weighted by Crippen LogP contribution is 2.18. The molecule has 1 aliphatic heterocycles. The molecule has 0 saturated heterocycles. The highest BCUT2D eigenvalue weighted by molar-refractivity contribution is 5.44. The van der Waals surface area contributed by atoms with Crippen LogP contribution in [0.25, 0.3) is 0 Å². The molecule has 2 rings (SSSR count). The molecule has 1 heterocycles. The van der Waals surface area contributed by atoms with Crippen molar-refractivity contribution in [3.8, 4) is 0 Å². The van der Waals surface area contributed by atoms with Crippen molar-refractivity contribution in [3.05, 3.63) is 42.5 Å². The molecule has 0 aromatic heterocycles. The second-order valence-corrected chi connectivity index (χ2v) is 3.03. The Morgan fingerprint density at radius 2 is 2.14 bits per heavy atom. The lowest BCUT2D eigenvalue weighted by Gasteiger charge is -2.28. The number of para-hydroxylation sites is 1. The zero-order chi connectivity index (χ0) is 9.80. The van der Waals surface area contributed by atoms with E-state index in [1.165, 1.54) is 0 Å². The molecule has 1 aromatic carbocycles. The van der Waals surface area contributed by atoms with Gasteiger partial charge >= 0.3 is 0 Å². The van der Waals surface area contributed by atoms with Crippen LogP contribution < -0.4 is 5.06 Å². The number of ether oxygens (including phenoxy) is 1. The van der Waals surface area contributed by atoms with Crippen molar-refractivity contribution < 1.29 is 9.57 Å². The van der Waals surface area contributed by atoms with Gasteiger partial charge in [-0.05, 0) is 18.2 Å². The molecule has 1 aliphatic rings. The summed E-state index contributed by atoms with van der Waals surface area (Å²) in [5.74, 6) is 0. The molecule has 0 spiro atoms. The lowest BCUT2D eigenvalue weighted by molar-refractivity contribution is -0.105. The molecule has 3 heteroatoms. The summed E-state index contributed by atoms with van der Waals surface area (Å²) in [5.41, 5.74) is 1.04. The van der Waals surface area contributed by atoms with E-state index in [-0.39, 0.29) is 6.29 Å². The van der Waals surface area contributed by atoms with Crippen LogP contribution in [0.1, 0.15) is 0 Å². The topological polar surface area (TPSA) is 21.7 Å². The Kier molecular flexibility index (Phi) is 2.81. The normalized spacial score (nSPS) is 21.2. The van der Waals surface area contributed by atoms with Crippen LogP contribution in [0, 0.1) is 0 Å². The predicted molar refractivity (Wildman–Crippen MR) is 54.8 cm³/mol. The van der Waals surface area contributed by atoms with Gasteiger partial charge < -0.3 is 4.74 Å². The van der Waals surface area contributed by atoms with Gasteiger partial charge in [0.15, 0.2) is 0 Å². The summed E-state index contributed by atoms with van der Waals surface area (Å²) >= 11 is 0. The molecule has 1 aromatic rings. The maximum atomic E-state index is 5.55. The average Bonchev–Trinajstić information content (AvgIpc) is 2.30. The zero-order valence-electron chi connectivity index (χ0n) is 8.09. The molecule has 74 valence electrons. The zero-order valence-corrected chi connectivity index (χ0v) is 8.09.